The van der Waals surface area contributed by atoms with Crippen LogP contribution in [0.3, 0.4) is 0 Å². The van der Waals surface area contributed by atoms with Gasteiger partial charge in [0, 0.05) is 17.3 Å². The molecule has 0 saturated carbocycles. The summed E-state index contributed by atoms with van der Waals surface area (Å²) in [6.45, 7) is -0.721. The zero-order valence-electron chi connectivity index (χ0n) is 13.6. The molecule has 0 aromatic heterocycles. The van der Waals surface area contributed by atoms with E-state index in [-0.39, 0.29) is 17.8 Å². The third-order valence-corrected chi connectivity index (χ3v) is 4.30. The Labute approximate surface area is 153 Å². The number of hydrogen-bond donors (Lipinski definition) is 1. The summed E-state index contributed by atoms with van der Waals surface area (Å²) >= 11 is 5.88. The number of anilines is 1. The number of rotatable bonds is 4. The molecule has 0 aliphatic carbocycles. The topological polar surface area (TPSA) is 41.6 Å². The van der Waals surface area contributed by atoms with E-state index in [2.05, 4.69) is 10.1 Å². The van der Waals surface area contributed by atoms with E-state index in [4.69, 9.17) is 11.6 Å². The Kier molecular flexibility index (Phi) is 5.27. The standard InChI is InChI=1S/C18H16ClF3N2O2/c19-13-3-1-12(2-4-13)16-9-10-24(16)17(25)23-14-5-7-15(8-6-14)26-11-18(20,21)22/h1-8,16H,9-11H2,(H,23,25)/t16-/m1/s1. The van der Waals surface area contributed by atoms with Gasteiger partial charge in [0.25, 0.3) is 0 Å². The van der Waals surface area contributed by atoms with Gasteiger partial charge >= 0.3 is 12.2 Å². The van der Waals surface area contributed by atoms with Gasteiger partial charge in [-0.15, -0.1) is 0 Å². The van der Waals surface area contributed by atoms with Crippen molar-refractivity contribution in [1.82, 2.24) is 4.90 Å². The van der Waals surface area contributed by atoms with Crippen molar-refractivity contribution < 1.29 is 22.7 Å². The summed E-state index contributed by atoms with van der Waals surface area (Å²) in [6, 6.07) is 12.8. The van der Waals surface area contributed by atoms with Gasteiger partial charge in [-0.3, -0.25) is 0 Å². The molecule has 2 amide bonds. The third-order valence-electron chi connectivity index (χ3n) is 4.04. The van der Waals surface area contributed by atoms with Crippen LogP contribution in [0.4, 0.5) is 23.7 Å². The van der Waals surface area contributed by atoms with Crippen molar-refractivity contribution in [3.8, 4) is 5.75 Å². The van der Waals surface area contributed by atoms with Gasteiger partial charge in [0.05, 0.1) is 6.04 Å². The predicted molar refractivity (Wildman–Crippen MR) is 92.5 cm³/mol. The summed E-state index contributed by atoms with van der Waals surface area (Å²) in [5, 5.41) is 3.37. The SMILES string of the molecule is O=C(Nc1ccc(OCC(F)(F)F)cc1)N1CC[C@@H]1c1ccc(Cl)cc1. The van der Waals surface area contributed by atoms with Crippen molar-refractivity contribution in [2.24, 2.45) is 0 Å². The monoisotopic (exact) mass is 384 g/mol. The molecule has 8 heteroatoms. The van der Waals surface area contributed by atoms with Crippen LogP contribution in [-0.2, 0) is 0 Å². The minimum atomic E-state index is -4.39. The predicted octanol–water partition coefficient (Wildman–Crippen LogP) is 5.26. The van der Waals surface area contributed by atoms with E-state index in [1.807, 2.05) is 12.1 Å². The number of likely N-dealkylation sites (tertiary alicyclic amines) is 1. The van der Waals surface area contributed by atoms with E-state index in [1.54, 1.807) is 17.0 Å². The molecule has 1 atom stereocenters. The van der Waals surface area contributed by atoms with Crippen LogP contribution in [0, 0.1) is 0 Å². The first-order valence-corrected chi connectivity index (χ1v) is 8.32. The molecule has 4 nitrogen and oxygen atoms in total. The van der Waals surface area contributed by atoms with E-state index in [0.717, 1.165) is 12.0 Å². The van der Waals surface area contributed by atoms with Crippen LogP contribution in [0.1, 0.15) is 18.0 Å². The molecule has 1 saturated heterocycles. The Balaban J connectivity index is 1.57. The van der Waals surface area contributed by atoms with Crippen molar-refractivity contribution in [2.45, 2.75) is 18.6 Å². The van der Waals surface area contributed by atoms with Gasteiger partial charge in [-0.25, -0.2) is 4.79 Å². The van der Waals surface area contributed by atoms with Crippen LogP contribution in [0.5, 0.6) is 5.75 Å². The molecule has 2 aromatic carbocycles. The first-order valence-electron chi connectivity index (χ1n) is 7.94. The number of nitrogens with zero attached hydrogens (tertiary/aromatic N) is 1. The van der Waals surface area contributed by atoms with Crippen molar-refractivity contribution in [3.05, 3.63) is 59.1 Å². The molecular weight excluding hydrogens is 369 g/mol. The Bertz CT molecular complexity index is 764. The first kappa shape index (κ1) is 18.4. The van der Waals surface area contributed by atoms with E-state index in [1.165, 1.54) is 24.3 Å². The van der Waals surface area contributed by atoms with Crippen molar-refractivity contribution in [1.29, 1.82) is 0 Å². The Morgan fingerprint density at radius 1 is 1.15 bits per heavy atom. The van der Waals surface area contributed by atoms with Gasteiger partial charge in [-0.05, 0) is 48.4 Å². The van der Waals surface area contributed by atoms with Crippen LogP contribution >= 0.6 is 11.6 Å². The van der Waals surface area contributed by atoms with Crippen LogP contribution in [0.15, 0.2) is 48.5 Å². The lowest BCUT2D eigenvalue weighted by Crippen LogP contribution is -2.47. The van der Waals surface area contributed by atoms with Gasteiger partial charge in [-0.1, -0.05) is 23.7 Å². The second-order valence-electron chi connectivity index (χ2n) is 5.91. The number of nitrogens with one attached hydrogen (secondary N) is 1. The first-order chi connectivity index (χ1) is 12.3. The lowest BCUT2D eigenvalue weighted by molar-refractivity contribution is -0.153. The number of benzene rings is 2. The second-order valence-corrected chi connectivity index (χ2v) is 6.34. The number of halogens is 4. The van der Waals surface area contributed by atoms with Gasteiger partial charge in [0.15, 0.2) is 6.61 Å². The number of amides is 2. The fraction of sp³-hybridized carbons (Fsp3) is 0.278. The Morgan fingerprint density at radius 3 is 2.35 bits per heavy atom. The molecule has 26 heavy (non-hydrogen) atoms. The Morgan fingerprint density at radius 2 is 1.81 bits per heavy atom. The second kappa shape index (κ2) is 7.45. The lowest BCUT2D eigenvalue weighted by Gasteiger charge is -2.41. The maximum Gasteiger partial charge on any atom is 0.422 e. The normalized spacial score (nSPS) is 16.8. The molecule has 1 heterocycles. The molecule has 3 rings (SSSR count). The molecule has 1 fully saturated rings. The molecular formula is C18H16ClF3N2O2. The average Bonchev–Trinajstić information content (AvgIpc) is 2.54. The number of urea groups is 1. The van der Waals surface area contributed by atoms with E-state index >= 15 is 0 Å². The summed E-state index contributed by atoms with van der Waals surface area (Å²) in [6.07, 6.45) is -3.53. The highest BCUT2D eigenvalue weighted by atomic mass is 35.5. The largest absolute Gasteiger partial charge is 0.484 e. The molecule has 0 unspecified atom stereocenters. The highest BCUT2D eigenvalue weighted by molar-refractivity contribution is 6.30. The number of ether oxygens (including phenoxy) is 1. The fourth-order valence-corrected chi connectivity index (χ4v) is 2.78. The Hall–Kier alpha value is -2.41. The van der Waals surface area contributed by atoms with E-state index in [9.17, 15) is 18.0 Å². The van der Waals surface area contributed by atoms with Crippen LogP contribution in [0.25, 0.3) is 0 Å². The number of carbonyl (C=O) groups excluding carboxylic acids is 1. The summed E-state index contributed by atoms with van der Waals surface area (Å²) in [5.74, 6) is 0.0864. The molecule has 0 radical (unpaired) electrons. The summed E-state index contributed by atoms with van der Waals surface area (Å²) in [4.78, 5) is 14.1. The average molecular weight is 385 g/mol. The van der Waals surface area contributed by atoms with Gasteiger partial charge in [0.1, 0.15) is 5.75 Å². The van der Waals surface area contributed by atoms with E-state index in [0.29, 0.717) is 17.3 Å². The highest BCUT2D eigenvalue weighted by Crippen LogP contribution is 2.34. The van der Waals surface area contributed by atoms with E-state index < -0.39 is 12.8 Å². The third kappa shape index (κ3) is 4.60. The minimum absolute atomic E-state index is 0.0124. The van der Waals surface area contributed by atoms with Crippen LogP contribution < -0.4 is 10.1 Å². The van der Waals surface area contributed by atoms with Gasteiger partial charge in [0.2, 0.25) is 0 Å². The van der Waals surface area contributed by atoms with Crippen LogP contribution in [0.2, 0.25) is 5.02 Å². The quantitative estimate of drug-likeness (QED) is 0.781. The minimum Gasteiger partial charge on any atom is -0.484 e. The van der Waals surface area contributed by atoms with Gasteiger partial charge < -0.3 is 15.0 Å². The molecule has 1 aliphatic heterocycles. The maximum atomic E-state index is 12.4. The molecule has 2 aromatic rings. The van der Waals surface area contributed by atoms with Gasteiger partial charge in [-0.2, -0.15) is 13.2 Å². The number of alkyl halides is 3. The molecule has 0 spiro atoms. The lowest BCUT2D eigenvalue weighted by atomic mass is 9.95. The highest BCUT2D eigenvalue weighted by Gasteiger charge is 2.33. The molecule has 138 valence electrons. The summed E-state index contributed by atoms with van der Waals surface area (Å²) in [7, 11) is 0. The summed E-state index contributed by atoms with van der Waals surface area (Å²) in [5.41, 5.74) is 1.49. The molecule has 1 N–H and O–H groups in total. The van der Waals surface area contributed by atoms with Crippen molar-refractivity contribution >= 4 is 23.3 Å². The summed E-state index contributed by atoms with van der Waals surface area (Å²) < 4.78 is 41.0. The zero-order chi connectivity index (χ0) is 18.7. The van der Waals surface area contributed by atoms with Crippen LogP contribution in [-0.4, -0.2) is 30.3 Å². The fourth-order valence-electron chi connectivity index (χ4n) is 2.66. The number of carbonyl (C=O) groups is 1. The van der Waals surface area contributed by atoms with Crippen molar-refractivity contribution in [2.75, 3.05) is 18.5 Å². The molecule has 0 bridgehead atoms. The van der Waals surface area contributed by atoms with Crippen molar-refractivity contribution in [3.63, 3.8) is 0 Å². The molecule has 1 aliphatic rings. The number of hydrogen-bond acceptors (Lipinski definition) is 2. The zero-order valence-corrected chi connectivity index (χ0v) is 14.3. The smallest absolute Gasteiger partial charge is 0.422 e. The maximum absolute atomic E-state index is 12.4.